The lowest BCUT2D eigenvalue weighted by Crippen LogP contribution is -2.63. The molecule has 2 saturated heterocycles. The highest BCUT2D eigenvalue weighted by Gasteiger charge is 2.64. The molecule has 55 heavy (non-hydrogen) atoms. The lowest BCUT2D eigenvalue weighted by atomic mass is 9.83. The second kappa shape index (κ2) is 18.3. The highest BCUT2D eigenvalue weighted by molar-refractivity contribution is 8.00. The number of esters is 1. The molecule has 0 aromatic heterocycles. The van der Waals surface area contributed by atoms with E-state index in [0.29, 0.717) is 29.5 Å². The molecule has 0 spiro atoms. The predicted molar refractivity (Wildman–Crippen MR) is 212 cm³/mol. The van der Waals surface area contributed by atoms with E-state index in [0.717, 1.165) is 11.1 Å². The van der Waals surface area contributed by atoms with Crippen molar-refractivity contribution in [3.8, 4) is 5.75 Å². The number of rotatable bonds is 10. The minimum atomic E-state index is -1.82. The minimum absolute atomic E-state index is 0.0458. The maximum atomic E-state index is 14.2. The van der Waals surface area contributed by atoms with Crippen molar-refractivity contribution in [2.45, 2.75) is 133 Å². The monoisotopic (exact) mass is 807 g/mol. The average molecular weight is 808 g/mol. The lowest BCUT2D eigenvalue weighted by molar-refractivity contribution is -0.162. The van der Waals surface area contributed by atoms with Crippen molar-refractivity contribution in [2.75, 3.05) is 33.2 Å². The molecule has 1 aromatic rings. The molecular formula is C40H58ClN3O10S. The molecule has 3 aliphatic rings. The van der Waals surface area contributed by atoms with Gasteiger partial charge in [0.2, 0.25) is 11.8 Å². The van der Waals surface area contributed by atoms with E-state index in [9.17, 15) is 24.3 Å². The van der Waals surface area contributed by atoms with Crippen LogP contribution in [0.15, 0.2) is 35.9 Å². The summed E-state index contributed by atoms with van der Waals surface area (Å²) in [5.41, 5.74) is -0.889. The molecule has 3 aliphatic heterocycles. The summed E-state index contributed by atoms with van der Waals surface area (Å²) in [4.78, 5) is 56.9. The van der Waals surface area contributed by atoms with Gasteiger partial charge in [-0.05, 0) is 56.6 Å². The second-order valence-electron chi connectivity index (χ2n) is 15.4. The SMILES string of the molecule is COc1cc2cc(c1Cl)N(C)C(=O)C[C@H](OC(=O)[C@H](C)N(C)C(=O)CCC(C)SC(C)C)[C@]1(C)O[C@H]1[C@H](C)[C@@H]1C[C@@](O)(NC(=O)O1)[C@H](OC)/C=C/C=C(\C)C2. The van der Waals surface area contributed by atoms with Crippen molar-refractivity contribution in [1.82, 2.24) is 10.2 Å². The Morgan fingerprint density at radius 2 is 1.89 bits per heavy atom. The van der Waals surface area contributed by atoms with Gasteiger partial charge in [-0.3, -0.25) is 14.9 Å². The van der Waals surface area contributed by atoms with Crippen LogP contribution in [0.2, 0.25) is 5.02 Å². The number of alkyl carbamates (subject to hydrolysis) is 1. The number of fused-ring (bicyclic) bond motifs is 5. The van der Waals surface area contributed by atoms with Gasteiger partial charge in [0.15, 0.2) is 5.72 Å². The molecule has 4 bridgehead atoms. The summed E-state index contributed by atoms with van der Waals surface area (Å²) in [5, 5.41) is 15.2. The van der Waals surface area contributed by atoms with Crippen LogP contribution in [0.5, 0.6) is 5.75 Å². The van der Waals surface area contributed by atoms with Gasteiger partial charge in [0.25, 0.3) is 0 Å². The first-order valence-corrected chi connectivity index (χ1v) is 20.1. The Morgan fingerprint density at radius 3 is 2.53 bits per heavy atom. The Hall–Kier alpha value is -3.30. The van der Waals surface area contributed by atoms with E-state index >= 15 is 0 Å². The molecule has 1 aromatic carbocycles. The number of epoxide rings is 1. The Morgan fingerprint density at radius 1 is 1.20 bits per heavy atom. The third-order valence-electron chi connectivity index (χ3n) is 10.8. The van der Waals surface area contributed by atoms with Crippen molar-refractivity contribution >= 4 is 52.9 Å². The molecule has 13 nitrogen and oxygen atoms in total. The number of benzene rings is 1. The van der Waals surface area contributed by atoms with Gasteiger partial charge < -0.3 is 38.6 Å². The van der Waals surface area contributed by atoms with Crippen molar-refractivity contribution < 1.29 is 48.0 Å². The number of halogens is 1. The van der Waals surface area contributed by atoms with Crippen LogP contribution in [0, 0.1) is 5.92 Å². The van der Waals surface area contributed by atoms with E-state index < -0.39 is 65.7 Å². The third-order valence-corrected chi connectivity index (χ3v) is 12.4. The Labute approximate surface area is 334 Å². The second-order valence-corrected chi connectivity index (χ2v) is 17.8. The first-order chi connectivity index (χ1) is 25.7. The zero-order chi connectivity index (χ0) is 41.0. The number of hydrogen-bond donors (Lipinski definition) is 2. The average Bonchev–Trinajstić information content (AvgIpc) is 3.82. The number of carbonyl (C=O) groups excluding carboxylic acids is 4. The molecule has 4 rings (SSSR count). The van der Waals surface area contributed by atoms with Crippen LogP contribution in [0.25, 0.3) is 0 Å². The van der Waals surface area contributed by atoms with Crippen molar-refractivity contribution in [2.24, 2.45) is 5.92 Å². The fraction of sp³-hybridized carbons (Fsp3) is 0.650. The molecule has 306 valence electrons. The Kier molecular flexibility index (Phi) is 14.8. The molecule has 3 amide bonds. The molecule has 0 saturated carbocycles. The normalized spacial score (nSPS) is 31.2. The maximum Gasteiger partial charge on any atom is 0.409 e. The van der Waals surface area contributed by atoms with Gasteiger partial charge >= 0.3 is 12.1 Å². The largest absolute Gasteiger partial charge is 0.495 e. The minimum Gasteiger partial charge on any atom is -0.495 e. The van der Waals surface area contributed by atoms with E-state index in [-0.39, 0.29) is 35.4 Å². The molecule has 2 N–H and O–H groups in total. The van der Waals surface area contributed by atoms with Gasteiger partial charge in [0, 0.05) is 45.2 Å². The molecule has 15 heteroatoms. The fourth-order valence-electron chi connectivity index (χ4n) is 7.25. The fourth-order valence-corrected chi connectivity index (χ4v) is 8.75. The topological polar surface area (TPSA) is 156 Å². The number of allylic oxidation sites excluding steroid dienone is 3. The molecule has 1 unspecified atom stereocenters. The summed E-state index contributed by atoms with van der Waals surface area (Å²) in [6, 6.07) is 2.64. The predicted octanol–water partition coefficient (Wildman–Crippen LogP) is 5.82. The van der Waals surface area contributed by atoms with Crippen LogP contribution in [0.1, 0.15) is 79.7 Å². The number of amides is 3. The summed E-state index contributed by atoms with van der Waals surface area (Å²) in [6.45, 7) is 13.4. The molecular weight excluding hydrogens is 750 g/mol. The van der Waals surface area contributed by atoms with Crippen LogP contribution >= 0.6 is 23.4 Å². The van der Waals surface area contributed by atoms with Gasteiger partial charge in [-0.25, -0.2) is 9.59 Å². The maximum absolute atomic E-state index is 14.2. The highest BCUT2D eigenvalue weighted by atomic mass is 35.5. The zero-order valence-corrected chi connectivity index (χ0v) is 35.4. The standard InChI is InChI=1S/C40H58ClN3O10S/c1-22(2)55-24(4)15-16-33(45)43(8)26(6)37(47)53-32-20-34(46)44(9)28-18-27(19-29(50-10)35(28)41)17-23(3)13-12-14-31(51-11)40(49)21-30(52-38(48)42-40)25(5)36-39(32,7)54-36/h12-14,18-19,22,24-26,30-32,36,49H,15-17,20-21H2,1-11H3,(H,42,48)/b14-12+,23-13+/t24?,25-,26+,30+,31-,32+,36+,39+,40+/m1/s1. The van der Waals surface area contributed by atoms with E-state index in [4.69, 9.17) is 35.3 Å². The number of aliphatic hydroxyl groups is 1. The van der Waals surface area contributed by atoms with E-state index in [1.54, 1.807) is 64.0 Å². The van der Waals surface area contributed by atoms with Crippen LogP contribution in [0.3, 0.4) is 0 Å². The van der Waals surface area contributed by atoms with Crippen LogP contribution in [-0.2, 0) is 39.8 Å². The van der Waals surface area contributed by atoms with Crippen LogP contribution in [0.4, 0.5) is 10.5 Å². The number of nitrogens with zero attached hydrogens (tertiary/aromatic N) is 2. The van der Waals surface area contributed by atoms with E-state index in [2.05, 4.69) is 26.1 Å². The molecule has 0 radical (unpaired) electrons. The van der Waals surface area contributed by atoms with Crippen molar-refractivity contribution in [1.29, 1.82) is 0 Å². The number of hydrogen-bond acceptors (Lipinski definition) is 11. The van der Waals surface area contributed by atoms with Gasteiger partial charge in [-0.2, -0.15) is 11.8 Å². The molecule has 2 fully saturated rings. The van der Waals surface area contributed by atoms with Gasteiger partial charge in [-0.1, -0.05) is 63.1 Å². The van der Waals surface area contributed by atoms with Crippen molar-refractivity contribution in [3.05, 3.63) is 46.5 Å². The lowest BCUT2D eigenvalue weighted by Gasteiger charge is -2.42. The van der Waals surface area contributed by atoms with Gasteiger partial charge in [0.1, 0.15) is 40.7 Å². The summed E-state index contributed by atoms with van der Waals surface area (Å²) in [7, 11) is 6.08. The van der Waals surface area contributed by atoms with Crippen LogP contribution < -0.4 is 15.0 Å². The van der Waals surface area contributed by atoms with Crippen LogP contribution in [-0.4, -0.2) is 114 Å². The number of anilines is 1. The number of thioether (sulfide) groups is 1. The summed E-state index contributed by atoms with van der Waals surface area (Å²) in [5.74, 6) is -1.47. The highest BCUT2D eigenvalue weighted by Crippen LogP contribution is 2.49. The molecule has 0 aliphatic carbocycles. The van der Waals surface area contributed by atoms with Gasteiger partial charge in [-0.15, -0.1) is 0 Å². The van der Waals surface area contributed by atoms with E-state index in [1.807, 2.05) is 19.9 Å². The molecule has 3 heterocycles. The number of carbonyl (C=O) groups is 4. The number of methoxy groups -OCH3 is 2. The summed E-state index contributed by atoms with van der Waals surface area (Å²) >= 11 is 8.57. The Bertz CT molecular complexity index is 1660. The number of ether oxygens (including phenoxy) is 5. The van der Waals surface area contributed by atoms with E-state index in [1.165, 1.54) is 24.0 Å². The third kappa shape index (κ3) is 10.6. The van der Waals surface area contributed by atoms with Crippen molar-refractivity contribution in [3.63, 3.8) is 0 Å². The smallest absolute Gasteiger partial charge is 0.409 e. The summed E-state index contributed by atoms with van der Waals surface area (Å²) < 4.78 is 29.3. The van der Waals surface area contributed by atoms with Gasteiger partial charge in [0.05, 0.1) is 25.3 Å². The first-order valence-electron chi connectivity index (χ1n) is 18.7. The quantitative estimate of drug-likeness (QED) is 0.217. The summed E-state index contributed by atoms with van der Waals surface area (Å²) in [6.07, 6.45) is 1.92. The number of likely N-dealkylation sites (N-methyl/N-ethyl adjacent to an activating group) is 1. The number of nitrogens with one attached hydrogen (secondary N) is 1. The first kappa shape index (κ1) is 44.4. The molecule has 9 atom stereocenters. The zero-order valence-electron chi connectivity index (χ0n) is 33.8. The Balaban J connectivity index is 1.70.